The molecule has 0 aromatic heterocycles. The smallest absolute Gasteiger partial charge is 0.232 e. The average molecular weight is 353 g/mol. The number of sulfonamides is 1. The van der Waals surface area contributed by atoms with E-state index in [4.69, 9.17) is 0 Å². The second-order valence-corrected chi connectivity index (χ2v) is 8.53. The molecule has 0 spiro atoms. The molecule has 24 heavy (non-hydrogen) atoms. The van der Waals surface area contributed by atoms with Crippen LogP contribution in [-0.4, -0.2) is 45.1 Å². The van der Waals surface area contributed by atoms with Crippen LogP contribution in [-0.2, 0) is 14.8 Å². The summed E-state index contributed by atoms with van der Waals surface area (Å²) in [7, 11) is -3.43. The first kappa shape index (κ1) is 18.8. The monoisotopic (exact) mass is 352 g/mol. The number of para-hydroxylation sites is 1. The van der Waals surface area contributed by atoms with Gasteiger partial charge in [-0.25, -0.2) is 8.42 Å². The van der Waals surface area contributed by atoms with Crippen LogP contribution in [0.15, 0.2) is 18.2 Å². The Kier molecular flexibility index (Phi) is 6.27. The average Bonchev–Trinajstić information content (AvgIpc) is 2.77. The third kappa shape index (κ3) is 4.72. The standard InChI is InChI=1S/C18H28N2O3S/c1-15-9-8-10-16(2)18(15)20(24(3,22)23)14-11-17(21)19-12-6-4-5-7-13-19/h8-10H,4-7,11-14H2,1-3H3. The fourth-order valence-electron chi connectivity index (χ4n) is 3.32. The number of rotatable bonds is 5. The minimum absolute atomic E-state index is 0.0526. The number of amides is 1. The fraction of sp³-hybridized carbons (Fsp3) is 0.611. The molecule has 1 fully saturated rings. The number of likely N-dealkylation sites (tertiary alicyclic amines) is 1. The maximum Gasteiger partial charge on any atom is 0.232 e. The Bertz CT molecular complexity index is 657. The second kappa shape index (κ2) is 8.01. The molecule has 134 valence electrons. The summed E-state index contributed by atoms with van der Waals surface area (Å²) in [6.07, 6.45) is 5.84. The van der Waals surface area contributed by atoms with Gasteiger partial charge in [-0.1, -0.05) is 31.0 Å². The lowest BCUT2D eigenvalue weighted by molar-refractivity contribution is -0.130. The maximum absolute atomic E-state index is 12.5. The predicted molar refractivity (Wildman–Crippen MR) is 97.8 cm³/mol. The number of nitrogens with zero attached hydrogens (tertiary/aromatic N) is 2. The van der Waals surface area contributed by atoms with Gasteiger partial charge in [-0.3, -0.25) is 9.10 Å². The Morgan fingerprint density at radius 3 is 2.12 bits per heavy atom. The van der Waals surface area contributed by atoms with E-state index >= 15 is 0 Å². The highest BCUT2D eigenvalue weighted by Gasteiger charge is 2.23. The molecule has 1 aliphatic heterocycles. The lowest BCUT2D eigenvalue weighted by atomic mass is 10.1. The van der Waals surface area contributed by atoms with Crippen molar-refractivity contribution < 1.29 is 13.2 Å². The topological polar surface area (TPSA) is 57.7 Å². The SMILES string of the molecule is Cc1cccc(C)c1N(CCC(=O)N1CCCCCC1)S(C)(=O)=O. The van der Waals surface area contributed by atoms with Crippen molar-refractivity contribution in [3.63, 3.8) is 0 Å². The largest absolute Gasteiger partial charge is 0.343 e. The molecule has 1 saturated heterocycles. The summed E-state index contributed by atoms with van der Waals surface area (Å²) in [6, 6.07) is 5.71. The lowest BCUT2D eigenvalue weighted by Gasteiger charge is -2.27. The van der Waals surface area contributed by atoms with E-state index in [0.29, 0.717) is 5.69 Å². The van der Waals surface area contributed by atoms with E-state index in [1.807, 2.05) is 36.9 Å². The van der Waals surface area contributed by atoms with Gasteiger partial charge in [-0.05, 0) is 37.8 Å². The van der Waals surface area contributed by atoms with Gasteiger partial charge < -0.3 is 4.90 Å². The molecule has 6 heteroatoms. The quantitative estimate of drug-likeness (QED) is 0.819. The molecule has 0 atom stereocenters. The van der Waals surface area contributed by atoms with Crippen molar-refractivity contribution in [1.82, 2.24) is 4.90 Å². The van der Waals surface area contributed by atoms with Gasteiger partial charge in [0.2, 0.25) is 15.9 Å². The molecule has 0 radical (unpaired) electrons. The molecule has 0 unspecified atom stereocenters. The summed E-state index contributed by atoms with van der Waals surface area (Å²) in [6.45, 7) is 5.58. The Labute approximate surface area is 145 Å². The van der Waals surface area contributed by atoms with Crippen LogP contribution in [0.4, 0.5) is 5.69 Å². The first-order valence-electron chi connectivity index (χ1n) is 8.62. The maximum atomic E-state index is 12.5. The minimum Gasteiger partial charge on any atom is -0.343 e. The zero-order chi connectivity index (χ0) is 17.7. The van der Waals surface area contributed by atoms with Gasteiger partial charge in [-0.2, -0.15) is 0 Å². The number of hydrogen-bond acceptors (Lipinski definition) is 3. The molecule has 5 nitrogen and oxygen atoms in total. The Morgan fingerprint density at radius 2 is 1.62 bits per heavy atom. The van der Waals surface area contributed by atoms with Crippen LogP contribution in [0.25, 0.3) is 0 Å². The molecule has 1 heterocycles. The van der Waals surface area contributed by atoms with Crippen molar-refractivity contribution in [2.24, 2.45) is 0 Å². The Hall–Kier alpha value is -1.56. The summed E-state index contributed by atoms with van der Waals surface area (Å²) >= 11 is 0. The molecule has 0 N–H and O–H groups in total. The molecule has 1 aromatic carbocycles. The van der Waals surface area contributed by atoms with Gasteiger partial charge in [0.25, 0.3) is 0 Å². The highest BCUT2D eigenvalue weighted by Crippen LogP contribution is 2.27. The van der Waals surface area contributed by atoms with E-state index in [-0.39, 0.29) is 18.9 Å². The highest BCUT2D eigenvalue weighted by molar-refractivity contribution is 7.92. The van der Waals surface area contributed by atoms with Crippen LogP contribution < -0.4 is 4.31 Å². The van der Waals surface area contributed by atoms with Crippen molar-refractivity contribution in [1.29, 1.82) is 0 Å². The van der Waals surface area contributed by atoms with Gasteiger partial charge in [-0.15, -0.1) is 0 Å². The van der Waals surface area contributed by atoms with Crippen molar-refractivity contribution in [2.75, 3.05) is 30.2 Å². The number of hydrogen-bond donors (Lipinski definition) is 0. The summed E-state index contributed by atoms with van der Waals surface area (Å²) in [5.41, 5.74) is 2.51. The molecule has 1 aliphatic rings. The van der Waals surface area contributed by atoms with E-state index in [2.05, 4.69) is 0 Å². The van der Waals surface area contributed by atoms with Crippen LogP contribution in [0.1, 0.15) is 43.2 Å². The Morgan fingerprint density at radius 1 is 1.08 bits per heavy atom. The first-order chi connectivity index (χ1) is 11.3. The summed E-state index contributed by atoms with van der Waals surface area (Å²) < 4.78 is 25.9. The number of benzene rings is 1. The fourth-order valence-corrected chi connectivity index (χ4v) is 4.36. The number of carbonyl (C=O) groups is 1. The predicted octanol–water partition coefficient (Wildman–Crippen LogP) is 2.86. The van der Waals surface area contributed by atoms with Gasteiger partial charge in [0, 0.05) is 26.1 Å². The van der Waals surface area contributed by atoms with Crippen LogP contribution >= 0.6 is 0 Å². The Balaban J connectivity index is 2.14. The van der Waals surface area contributed by atoms with Gasteiger partial charge in [0.15, 0.2) is 0 Å². The van der Waals surface area contributed by atoms with E-state index < -0.39 is 10.0 Å². The lowest BCUT2D eigenvalue weighted by Crippen LogP contribution is -2.37. The number of anilines is 1. The van der Waals surface area contributed by atoms with Crippen LogP contribution in [0.5, 0.6) is 0 Å². The molecular formula is C18H28N2O3S. The zero-order valence-electron chi connectivity index (χ0n) is 14.9. The number of aryl methyl sites for hydroxylation is 2. The van der Waals surface area contributed by atoms with Crippen LogP contribution in [0, 0.1) is 13.8 Å². The first-order valence-corrected chi connectivity index (χ1v) is 10.5. The van der Waals surface area contributed by atoms with E-state index in [0.717, 1.165) is 37.1 Å². The molecule has 1 aromatic rings. The summed E-state index contributed by atoms with van der Waals surface area (Å²) in [5, 5.41) is 0. The molecule has 0 bridgehead atoms. The third-order valence-electron chi connectivity index (χ3n) is 4.58. The number of carbonyl (C=O) groups excluding carboxylic acids is 1. The van der Waals surface area contributed by atoms with Gasteiger partial charge in [0.05, 0.1) is 11.9 Å². The summed E-state index contributed by atoms with van der Waals surface area (Å²) in [4.78, 5) is 14.4. The van der Waals surface area contributed by atoms with Crippen LogP contribution in [0.2, 0.25) is 0 Å². The zero-order valence-corrected chi connectivity index (χ0v) is 15.7. The highest BCUT2D eigenvalue weighted by atomic mass is 32.2. The van der Waals surface area contributed by atoms with Crippen molar-refractivity contribution in [3.05, 3.63) is 29.3 Å². The second-order valence-electron chi connectivity index (χ2n) is 6.62. The normalized spacial score (nSPS) is 15.9. The molecule has 0 aliphatic carbocycles. The molecule has 1 amide bonds. The van der Waals surface area contributed by atoms with Crippen LogP contribution in [0.3, 0.4) is 0 Å². The molecule has 2 rings (SSSR count). The third-order valence-corrected chi connectivity index (χ3v) is 5.74. The van der Waals surface area contributed by atoms with E-state index in [1.54, 1.807) is 0 Å². The van der Waals surface area contributed by atoms with Crippen molar-refractivity contribution in [3.8, 4) is 0 Å². The minimum atomic E-state index is -3.43. The molecular weight excluding hydrogens is 324 g/mol. The van der Waals surface area contributed by atoms with Crippen molar-refractivity contribution in [2.45, 2.75) is 46.0 Å². The van der Waals surface area contributed by atoms with E-state index in [1.165, 1.54) is 23.4 Å². The molecule has 0 saturated carbocycles. The van der Waals surface area contributed by atoms with E-state index in [9.17, 15) is 13.2 Å². The summed E-state index contributed by atoms with van der Waals surface area (Å²) in [5.74, 6) is 0.0526. The van der Waals surface area contributed by atoms with Gasteiger partial charge >= 0.3 is 0 Å². The van der Waals surface area contributed by atoms with Gasteiger partial charge in [0.1, 0.15) is 0 Å². The van der Waals surface area contributed by atoms with Crippen molar-refractivity contribution >= 4 is 21.6 Å².